The number of nitrogens with zero attached hydrogens (tertiary/aromatic N) is 1. The second-order valence-electron chi connectivity index (χ2n) is 6.04. The summed E-state index contributed by atoms with van der Waals surface area (Å²) >= 11 is 1.04. The number of nitrogens with one attached hydrogen (secondary N) is 1. The Labute approximate surface area is 170 Å². The number of aromatic hydroxyl groups is 1. The van der Waals surface area contributed by atoms with Gasteiger partial charge in [0.1, 0.15) is 17.0 Å². The Hall–Kier alpha value is -3.46. The molecule has 1 fully saturated rings. The highest BCUT2D eigenvalue weighted by molar-refractivity contribution is 8.18. The Morgan fingerprint density at radius 2 is 1.97 bits per heavy atom. The maximum atomic E-state index is 12.3. The van der Waals surface area contributed by atoms with Crippen LogP contribution in [0.5, 0.6) is 17.2 Å². The van der Waals surface area contributed by atoms with Crippen molar-refractivity contribution in [2.75, 3.05) is 14.2 Å². The first-order chi connectivity index (χ1) is 13.8. The van der Waals surface area contributed by atoms with Gasteiger partial charge in [-0.2, -0.15) is 0 Å². The van der Waals surface area contributed by atoms with E-state index in [9.17, 15) is 19.8 Å². The smallest absolute Gasteiger partial charge is 0.340 e. The number of amidine groups is 1. The van der Waals surface area contributed by atoms with Crippen LogP contribution < -0.4 is 14.8 Å². The molecule has 0 radical (unpaired) electrons. The number of benzene rings is 2. The predicted octanol–water partition coefficient (Wildman–Crippen LogP) is 3.31. The average Bonchev–Trinajstić information content (AvgIpc) is 3.02. The van der Waals surface area contributed by atoms with Gasteiger partial charge in [0, 0.05) is 0 Å². The van der Waals surface area contributed by atoms with Gasteiger partial charge < -0.3 is 25.0 Å². The minimum Gasteiger partial charge on any atom is -0.506 e. The SMILES string of the molecule is COc1ccc(/C=C2/SC(=Nc3cc(C)ccc3O)NC2=O)c(C(=O)O)c1OC. The fourth-order valence-corrected chi connectivity index (χ4v) is 3.56. The molecule has 0 unspecified atom stereocenters. The number of thioether (sulfide) groups is 1. The Morgan fingerprint density at radius 3 is 2.62 bits per heavy atom. The third-order valence-corrected chi connectivity index (χ3v) is 4.99. The normalized spacial score (nSPS) is 16.2. The van der Waals surface area contributed by atoms with Crippen LogP contribution in [0.25, 0.3) is 6.08 Å². The number of hydrogen-bond acceptors (Lipinski definition) is 7. The summed E-state index contributed by atoms with van der Waals surface area (Å²) in [5.41, 5.74) is 1.40. The van der Waals surface area contributed by atoms with E-state index in [1.807, 2.05) is 6.92 Å². The number of ether oxygens (including phenoxy) is 2. The standard InChI is InChI=1S/C20H18N2O6S/c1-10-4-6-13(23)12(8-10)21-20-22-18(24)15(29-20)9-11-5-7-14(27-2)17(28-3)16(11)19(25)26/h4-9,23H,1-3H3,(H,25,26)(H,21,22,24)/b15-9+. The van der Waals surface area contributed by atoms with Crippen molar-refractivity contribution < 1.29 is 29.3 Å². The van der Waals surface area contributed by atoms with Crippen molar-refractivity contribution in [2.24, 2.45) is 4.99 Å². The number of aryl methyl sites for hydroxylation is 1. The fraction of sp³-hybridized carbons (Fsp3) is 0.150. The van der Waals surface area contributed by atoms with Gasteiger partial charge in [-0.1, -0.05) is 12.1 Å². The van der Waals surface area contributed by atoms with Crippen LogP contribution >= 0.6 is 11.8 Å². The number of carbonyl (C=O) groups is 2. The van der Waals surface area contributed by atoms with E-state index in [2.05, 4.69) is 10.3 Å². The molecular formula is C20H18N2O6S. The first kappa shape index (κ1) is 20.3. The van der Waals surface area contributed by atoms with E-state index < -0.39 is 11.9 Å². The molecule has 0 bridgehead atoms. The van der Waals surface area contributed by atoms with Gasteiger partial charge in [0.15, 0.2) is 16.7 Å². The van der Waals surface area contributed by atoms with Crippen molar-refractivity contribution in [3.05, 3.63) is 51.9 Å². The lowest BCUT2D eigenvalue weighted by molar-refractivity contribution is -0.115. The molecule has 0 aromatic heterocycles. The van der Waals surface area contributed by atoms with Crippen LogP contribution in [0.1, 0.15) is 21.5 Å². The number of phenols is 1. The number of carbonyl (C=O) groups excluding carboxylic acids is 1. The summed E-state index contributed by atoms with van der Waals surface area (Å²) in [6.07, 6.45) is 1.45. The number of carboxylic acids is 1. The molecule has 9 heteroatoms. The first-order valence-electron chi connectivity index (χ1n) is 8.41. The predicted molar refractivity (Wildman–Crippen MR) is 110 cm³/mol. The van der Waals surface area contributed by atoms with E-state index in [1.54, 1.807) is 18.2 Å². The molecule has 150 valence electrons. The molecule has 8 nitrogen and oxygen atoms in total. The lowest BCUT2D eigenvalue weighted by Gasteiger charge is -2.12. The van der Waals surface area contributed by atoms with E-state index in [1.165, 1.54) is 32.4 Å². The van der Waals surface area contributed by atoms with Gasteiger partial charge in [-0.25, -0.2) is 9.79 Å². The zero-order valence-corrected chi connectivity index (χ0v) is 16.7. The second kappa shape index (κ2) is 8.27. The molecule has 2 aromatic carbocycles. The van der Waals surface area contributed by atoms with Gasteiger partial charge in [0.2, 0.25) is 0 Å². The summed E-state index contributed by atoms with van der Waals surface area (Å²) in [6, 6.07) is 8.06. The molecule has 0 saturated carbocycles. The minimum atomic E-state index is -1.21. The van der Waals surface area contributed by atoms with Gasteiger partial charge in [-0.05, 0) is 54.1 Å². The first-order valence-corrected chi connectivity index (χ1v) is 9.23. The zero-order chi connectivity index (χ0) is 21.1. The fourth-order valence-electron chi connectivity index (χ4n) is 2.74. The lowest BCUT2D eigenvalue weighted by Crippen LogP contribution is -2.19. The highest BCUT2D eigenvalue weighted by Crippen LogP contribution is 2.37. The molecule has 0 atom stereocenters. The number of amides is 1. The third-order valence-electron chi connectivity index (χ3n) is 4.08. The van der Waals surface area contributed by atoms with Crippen molar-refractivity contribution in [1.82, 2.24) is 5.32 Å². The summed E-state index contributed by atoms with van der Waals surface area (Å²) in [5.74, 6) is -1.31. The van der Waals surface area contributed by atoms with E-state index in [4.69, 9.17) is 9.47 Å². The zero-order valence-electron chi connectivity index (χ0n) is 15.8. The van der Waals surface area contributed by atoms with Crippen LogP contribution in [0.2, 0.25) is 0 Å². The molecule has 2 aromatic rings. The molecule has 0 aliphatic carbocycles. The largest absolute Gasteiger partial charge is 0.506 e. The molecule has 3 N–H and O–H groups in total. The van der Waals surface area contributed by atoms with Crippen LogP contribution in [0, 0.1) is 6.92 Å². The summed E-state index contributed by atoms with van der Waals surface area (Å²) < 4.78 is 10.3. The number of aliphatic imine (C=N–C) groups is 1. The second-order valence-corrected chi connectivity index (χ2v) is 7.07. The molecule has 1 aliphatic heterocycles. The molecule has 29 heavy (non-hydrogen) atoms. The van der Waals surface area contributed by atoms with E-state index in [0.29, 0.717) is 5.69 Å². The molecule has 1 heterocycles. The van der Waals surface area contributed by atoms with Gasteiger partial charge in [0.25, 0.3) is 5.91 Å². The van der Waals surface area contributed by atoms with E-state index in [-0.39, 0.29) is 38.4 Å². The molecular weight excluding hydrogens is 396 g/mol. The summed E-state index contributed by atoms with van der Waals surface area (Å²) in [4.78, 5) is 28.6. The Balaban J connectivity index is 2.00. The highest BCUT2D eigenvalue weighted by atomic mass is 32.2. The topological polar surface area (TPSA) is 117 Å². The minimum absolute atomic E-state index is 0.0107. The lowest BCUT2D eigenvalue weighted by atomic mass is 10.0. The Bertz CT molecular complexity index is 1060. The number of rotatable bonds is 5. The maximum absolute atomic E-state index is 12.3. The van der Waals surface area contributed by atoms with Crippen molar-refractivity contribution >= 4 is 40.6 Å². The molecule has 1 aliphatic rings. The number of carboxylic acid groups (broad SMARTS) is 1. The molecule has 1 amide bonds. The van der Waals surface area contributed by atoms with E-state index in [0.717, 1.165) is 17.3 Å². The molecule has 3 rings (SSSR count). The van der Waals surface area contributed by atoms with Crippen molar-refractivity contribution in [1.29, 1.82) is 0 Å². The van der Waals surface area contributed by atoms with Crippen LogP contribution in [0.15, 0.2) is 40.2 Å². The quantitative estimate of drug-likeness (QED) is 0.643. The summed E-state index contributed by atoms with van der Waals surface area (Å²) in [5, 5.41) is 22.4. The van der Waals surface area contributed by atoms with Gasteiger partial charge in [-0.15, -0.1) is 0 Å². The monoisotopic (exact) mass is 414 g/mol. The number of hydrogen-bond donors (Lipinski definition) is 3. The van der Waals surface area contributed by atoms with Gasteiger partial charge in [-0.3, -0.25) is 4.79 Å². The number of phenolic OH excluding ortho intramolecular Hbond substituents is 1. The van der Waals surface area contributed by atoms with Crippen molar-refractivity contribution in [3.8, 4) is 17.2 Å². The number of aromatic carboxylic acids is 1. The molecule has 0 spiro atoms. The Morgan fingerprint density at radius 1 is 1.21 bits per heavy atom. The Kier molecular flexibility index (Phi) is 5.79. The summed E-state index contributed by atoms with van der Waals surface area (Å²) in [7, 11) is 2.75. The third kappa shape index (κ3) is 4.19. The average molecular weight is 414 g/mol. The maximum Gasteiger partial charge on any atom is 0.340 e. The van der Waals surface area contributed by atoms with Crippen molar-refractivity contribution in [2.45, 2.75) is 6.92 Å². The van der Waals surface area contributed by atoms with Crippen LogP contribution in [-0.4, -0.2) is 41.5 Å². The van der Waals surface area contributed by atoms with Crippen LogP contribution in [0.4, 0.5) is 5.69 Å². The van der Waals surface area contributed by atoms with Crippen molar-refractivity contribution in [3.63, 3.8) is 0 Å². The summed E-state index contributed by atoms with van der Waals surface area (Å²) in [6.45, 7) is 1.86. The molecule has 1 saturated heterocycles. The number of methoxy groups -OCH3 is 2. The van der Waals surface area contributed by atoms with Crippen LogP contribution in [0.3, 0.4) is 0 Å². The van der Waals surface area contributed by atoms with Gasteiger partial charge >= 0.3 is 5.97 Å². The highest BCUT2D eigenvalue weighted by Gasteiger charge is 2.26. The van der Waals surface area contributed by atoms with Gasteiger partial charge in [0.05, 0.1) is 19.1 Å². The van der Waals surface area contributed by atoms with E-state index >= 15 is 0 Å². The van der Waals surface area contributed by atoms with Crippen LogP contribution in [-0.2, 0) is 4.79 Å².